The number of aromatic nitrogens is 3. The summed E-state index contributed by atoms with van der Waals surface area (Å²) in [6.45, 7) is -0.273. The number of anilines is 1. The van der Waals surface area contributed by atoms with Gasteiger partial charge in [-0.05, 0) is 12.1 Å². The van der Waals surface area contributed by atoms with Crippen LogP contribution in [0.4, 0.5) is 5.69 Å². The predicted molar refractivity (Wildman–Crippen MR) is 67.1 cm³/mol. The number of aliphatic carboxylic acids is 1. The van der Waals surface area contributed by atoms with Crippen LogP contribution in [0, 0.1) is 0 Å². The fraction of sp³-hybridized carbons (Fsp3) is 0.0909. The van der Waals surface area contributed by atoms with Crippen LogP contribution in [0.1, 0.15) is 10.5 Å². The fourth-order valence-corrected chi connectivity index (χ4v) is 1.54. The molecular formula is C11H9ClN4O3. The Morgan fingerprint density at radius 1 is 1.47 bits per heavy atom. The van der Waals surface area contributed by atoms with Crippen molar-refractivity contribution >= 4 is 29.2 Å². The maximum atomic E-state index is 11.8. The van der Waals surface area contributed by atoms with E-state index in [-0.39, 0.29) is 12.2 Å². The normalized spacial score (nSPS) is 10.2. The predicted octanol–water partition coefficient (Wildman–Crippen LogP) is 1.27. The molecule has 2 aromatic heterocycles. The van der Waals surface area contributed by atoms with E-state index in [0.717, 1.165) is 0 Å². The third kappa shape index (κ3) is 3.52. The van der Waals surface area contributed by atoms with Gasteiger partial charge in [0.2, 0.25) is 0 Å². The number of halogens is 1. The molecule has 2 heterocycles. The van der Waals surface area contributed by atoms with Crippen molar-refractivity contribution < 1.29 is 14.7 Å². The van der Waals surface area contributed by atoms with Gasteiger partial charge < -0.3 is 10.4 Å². The van der Waals surface area contributed by atoms with E-state index in [1.165, 1.54) is 29.3 Å². The summed E-state index contributed by atoms with van der Waals surface area (Å²) >= 11 is 5.75. The van der Waals surface area contributed by atoms with Crippen molar-refractivity contribution in [3.05, 3.63) is 41.4 Å². The van der Waals surface area contributed by atoms with Gasteiger partial charge in [-0.25, -0.2) is 0 Å². The Bertz CT molecular complexity index is 626. The maximum Gasteiger partial charge on any atom is 0.325 e. The first kappa shape index (κ1) is 13.0. The third-order valence-electron chi connectivity index (χ3n) is 2.14. The average Bonchev–Trinajstić information content (AvgIpc) is 2.75. The minimum atomic E-state index is -1.02. The van der Waals surface area contributed by atoms with Crippen LogP contribution in [0.5, 0.6) is 0 Å². The third-order valence-corrected chi connectivity index (χ3v) is 2.38. The lowest BCUT2D eigenvalue weighted by Gasteiger charge is -2.01. The molecule has 0 atom stereocenters. The lowest BCUT2D eigenvalue weighted by Crippen LogP contribution is -2.13. The molecule has 0 aliphatic rings. The summed E-state index contributed by atoms with van der Waals surface area (Å²) in [5, 5.41) is 15.3. The Kier molecular flexibility index (Phi) is 3.76. The molecule has 98 valence electrons. The number of carbonyl (C=O) groups is 2. The summed E-state index contributed by atoms with van der Waals surface area (Å²) in [7, 11) is 0. The van der Waals surface area contributed by atoms with Crippen LogP contribution in [0.15, 0.2) is 30.7 Å². The molecule has 8 heteroatoms. The van der Waals surface area contributed by atoms with Crippen molar-refractivity contribution in [3.8, 4) is 0 Å². The molecule has 0 aromatic carbocycles. The Labute approximate surface area is 112 Å². The molecule has 0 aliphatic carbocycles. The van der Waals surface area contributed by atoms with Crippen molar-refractivity contribution in [1.82, 2.24) is 14.8 Å². The van der Waals surface area contributed by atoms with E-state index in [4.69, 9.17) is 16.7 Å². The molecule has 0 radical (unpaired) electrons. The zero-order valence-corrected chi connectivity index (χ0v) is 10.3. The standard InChI is InChI=1S/C11H9ClN4O3/c12-7-1-2-13-9(3-7)11(19)15-8-4-14-16(5-8)6-10(17)18/h1-5H,6H2,(H,15,19)(H,17,18). The second-order valence-corrected chi connectivity index (χ2v) is 4.07. The number of carbonyl (C=O) groups excluding carboxylic acids is 1. The second-order valence-electron chi connectivity index (χ2n) is 3.63. The van der Waals surface area contributed by atoms with E-state index in [9.17, 15) is 9.59 Å². The number of carboxylic acids is 1. The molecular weight excluding hydrogens is 272 g/mol. The van der Waals surface area contributed by atoms with Crippen molar-refractivity contribution in [1.29, 1.82) is 0 Å². The SMILES string of the molecule is O=C(O)Cn1cc(NC(=O)c2cc(Cl)ccn2)cn1. The molecule has 0 bridgehead atoms. The fourth-order valence-electron chi connectivity index (χ4n) is 1.38. The van der Waals surface area contributed by atoms with Gasteiger partial charge in [-0.3, -0.25) is 19.3 Å². The van der Waals surface area contributed by atoms with Gasteiger partial charge in [0, 0.05) is 17.4 Å². The monoisotopic (exact) mass is 280 g/mol. The van der Waals surface area contributed by atoms with Crippen molar-refractivity contribution in [3.63, 3.8) is 0 Å². The van der Waals surface area contributed by atoms with Crippen LogP contribution < -0.4 is 5.32 Å². The minimum Gasteiger partial charge on any atom is -0.480 e. The molecule has 2 aromatic rings. The van der Waals surface area contributed by atoms with E-state index in [2.05, 4.69) is 15.4 Å². The number of carboxylic acid groups (broad SMARTS) is 1. The highest BCUT2D eigenvalue weighted by molar-refractivity contribution is 6.30. The highest BCUT2D eigenvalue weighted by atomic mass is 35.5. The number of nitrogens with zero attached hydrogens (tertiary/aromatic N) is 3. The average molecular weight is 281 g/mol. The number of hydrogen-bond donors (Lipinski definition) is 2. The van der Waals surface area contributed by atoms with Gasteiger partial charge in [-0.2, -0.15) is 5.10 Å². The molecule has 0 aliphatic heterocycles. The van der Waals surface area contributed by atoms with Crippen molar-refractivity contribution in [2.45, 2.75) is 6.54 Å². The Hall–Kier alpha value is -2.41. The second kappa shape index (κ2) is 5.49. The topological polar surface area (TPSA) is 97.1 Å². The number of amides is 1. The van der Waals surface area contributed by atoms with Gasteiger partial charge in [0.05, 0.1) is 11.9 Å². The summed E-state index contributed by atoms with van der Waals surface area (Å²) in [5.74, 6) is -1.46. The van der Waals surface area contributed by atoms with Gasteiger partial charge in [-0.15, -0.1) is 0 Å². The first-order valence-electron chi connectivity index (χ1n) is 5.22. The van der Waals surface area contributed by atoms with Gasteiger partial charge >= 0.3 is 5.97 Å². The highest BCUT2D eigenvalue weighted by Crippen LogP contribution is 2.11. The maximum absolute atomic E-state index is 11.8. The van der Waals surface area contributed by atoms with Crippen molar-refractivity contribution in [2.24, 2.45) is 0 Å². The lowest BCUT2D eigenvalue weighted by molar-refractivity contribution is -0.137. The Morgan fingerprint density at radius 2 is 2.26 bits per heavy atom. The lowest BCUT2D eigenvalue weighted by atomic mass is 10.3. The first-order valence-corrected chi connectivity index (χ1v) is 5.59. The molecule has 0 saturated carbocycles. The number of rotatable bonds is 4. The van der Waals surface area contributed by atoms with Gasteiger partial charge in [-0.1, -0.05) is 11.6 Å². The summed E-state index contributed by atoms with van der Waals surface area (Å²) in [5.41, 5.74) is 0.548. The first-order chi connectivity index (χ1) is 9.04. The van der Waals surface area contributed by atoms with Gasteiger partial charge in [0.15, 0.2) is 0 Å². The Morgan fingerprint density at radius 3 is 2.95 bits per heavy atom. The van der Waals surface area contributed by atoms with E-state index in [1.54, 1.807) is 6.07 Å². The van der Waals surface area contributed by atoms with Crippen LogP contribution in [-0.4, -0.2) is 31.7 Å². The summed E-state index contributed by atoms with van der Waals surface area (Å²) < 4.78 is 1.20. The summed E-state index contributed by atoms with van der Waals surface area (Å²) in [4.78, 5) is 26.2. The largest absolute Gasteiger partial charge is 0.480 e. The summed E-state index contributed by atoms with van der Waals surface area (Å²) in [6.07, 6.45) is 4.19. The molecule has 0 fully saturated rings. The van der Waals surface area contributed by atoms with Crippen LogP contribution in [0.25, 0.3) is 0 Å². The Balaban J connectivity index is 2.06. The number of pyridine rings is 1. The van der Waals surface area contributed by atoms with Gasteiger partial charge in [0.1, 0.15) is 12.2 Å². The molecule has 0 saturated heterocycles. The molecule has 0 spiro atoms. The summed E-state index contributed by atoms with van der Waals surface area (Å²) in [6, 6.07) is 2.99. The molecule has 19 heavy (non-hydrogen) atoms. The van der Waals surface area contributed by atoms with E-state index in [1.807, 2.05) is 0 Å². The number of nitrogens with one attached hydrogen (secondary N) is 1. The smallest absolute Gasteiger partial charge is 0.325 e. The molecule has 7 nitrogen and oxygen atoms in total. The van der Waals surface area contributed by atoms with Crippen LogP contribution in [-0.2, 0) is 11.3 Å². The van der Waals surface area contributed by atoms with E-state index < -0.39 is 11.9 Å². The molecule has 2 N–H and O–H groups in total. The molecule has 0 unspecified atom stereocenters. The van der Waals surface area contributed by atoms with Gasteiger partial charge in [0.25, 0.3) is 5.91 Å². The molecule has 2 rings (SSSR count). The zero-order chi connectivity index (χ0) is 13.8. The van der Waals surface area contributed by atoms with Crippen LogP contribution in [0.3, 0.4) is 0 Å². The minimum absolute atomic E-state index is 0.165. The van der Waals surface area contributed by atoms with Crippen LogP contribution >= 0.6 is 11.6 Å². The van der Waals surface area contributed by atoms with Crippen LogP contribution in [0.2, 0.25) is 5.02 Å². The molecule has 1 amide bonds. The quantitative estimate of drug-likeness (QED) is 0.879. The zero-order valence-electron chi connectivity index (χ0n) is 9.58. The number of hydrogen-bond acceptors (Lipinski definition) is 4. The van der Waals surface area contributed by atoms with Crippen molar-refractivity contribution in [2.75, 3.05) is 5.32 Å². The highest BCUT2D eigenvalue weighted by Gasteiger charge is 2.10. The van der Waals surface area contributed by atoms with E-state index >= 15 is 0 Å². The van der Waals surface area contributed by atoms with E-state index in [0.29, 0.717) is 10.7 Å².